The molecular formula is C16H24BrN. The van der Waals surface area contributed by atoms with Crippen LogP contribution < -0.4 is 5.32 Å². The molecule has 0 spiro atoms. The molecule has 0 aliphatic carbocycles. The third-order valence-corrected chi connectivity index (χ3v) is 3.53. The van der Waals surface area contributed by atoms with Crippen molar-refractivity contribution < 1.29 is 0 Å². The first kappa shape index (κ1) is 15.5. The molecule has 1 rings (SSSR count). The summed E-state index contributed by atoms with van der Waals surface area (Å²) in [5, 5.41) is 3.56. The highest BCUT2D eigenvalue weighted by molar-refractivity contribution is 9.10. The van der Waals surface area contributed by atoms with E-state index in [1.165, 1.54) is 11.1 Å². The Hall–Kier alpha value is -0.600. The van der Waals surface area contributed by atoms with Crippen LogP contribution in [0, 0.1) is 5.92 Å². The molecule has 0 saturated carbocycles. The maximum absolute atomic E-state index is 3.60. The van der Waals surface area contributed by atoms with Gasteiger partial charge in [-0.25, -0.2) is 0 Å². The molecule has 1 N–H and O–H groups in total. The Balaban J connectivity index is 2.89. The third-order valence-electron chi connectivity index (χ3n) is 2.81. The van der Waals surface area contributed by atoms with Gasteiger partial charge in [0.05, 0.1) is 0 Å². The third kappa shape index (κ3) is 5.36. The van der Waals surface area contributed by atoms with E-state index in [1.807, 2.05) is 6.07 Å². The van der Waals surface area contributed by atoms with Gasteiger partial charge in [-0.1, -0.05) is 59.6 Å². The van der Waals surface area contributed by atoms with E-state index in [1.54, 1.807) is 0 Å². The van der Waals surface area contributed by atoms with Gasteiger partial charge in [0.2, 0.25) is 0 Å². The largest absolute Gasteiger partial charge is 0.308 e. The Kier molecular flexibility index (Phi) is 5.61. The molecule has 0 atom stereocenters. The molecule has 1 aromatic carbocycles. The molecule has 0 aliphatic rings. The summed E-state index contributed by atoms with van der Waals surface area (Å²) in [5.74, 6) is 0.548. The van der Waals surface area contributed by atoms with Crippen molar-refractivity contribution >= 4 is 22.0 Å². The van der Waals surface area contributed by atoms with Gasteiger partial charge in [0.15, 0.2) is 0 Å². The molecule has 0 heterocycles. The summed E-state index contributed by atoms with van der Waals surface area (Å²) >= 11 is 3.60. The summed E-state index contributed by atoms with van der Waals surface area (Å²) in [5.41, 5.74) is 2.83. The van der Waals surface area contributed by atoms with Gasteiger partial charge in [-0.05, 0) is 38.3 Å². The van der Waals surface area contributed by atoms with Crippen LogP contribution in [0.25, 0.3) is 6.08 Å². The van der Waals surface area contributed by atoms with Gasteiger partial charge in [0, 0.05) is 16.6 Å². The van der Waals surface area contributed by atoms with Crippen molar-refractivity contribution in [3.05, 3.63) is 39.9 Å². The SMILES string of the molecule is CC(C)C(=Cc1ccccc1Br)CNC(C)(C)C. The summed E-state index contributed by atoms with van der Waals surface area (Å²) in [6, 6.07) is 8.35. The minimum Gasteiger partial charge on any atom is -0.308 e. The van der Waals surface area contributed by atoms with E-state index in [0.29, 0.717) is 5.92 Å². The number of rotatable bonds is 4. The van der Waals surface area contributed by atoms with Crippen LogP contribution >= 0.6 is 15.9 Å². The predicted molar refractivity (Wildman–Crippen MR) is 84.7 cm³/mol. The topological polar surface area (TPSA) is 12.0 Å². The van der Waals surface area contributed by atoms with E-state index in [0.717, 1.165) is 11.0 Å². The fraction of sp³-hybridized carbons (Fsp3) is 0.500. The van der Waals surface area contributed by atoms with Gasteiger partial charge in [-0.2, -0.15) is 0 Å². The normalized spacial score (nSPS) is 13.2. The zero-order valence-electron chi connectivity index (χ0n) is 12.0. The minimum atomic E-state index is 0.155. The summed E-state index contributed by atoms with van der Waals surface area (Å²) < 4.78 is 1.15. The van der Waals surface area contributed by atoms with Crippen LogP contribution in [0.3, 0.4) is 0 Å². The zero-order chi connectivity index (χ0) is 13.8. The lowest BCUT2D eigenvalue weighted by Gasteiger charge is -2.23. The molecule has 0 bridgehead atoms. The van der Waals surface area contributed by atoms with Crippen molar-refractivity contribution in [1.29, 1.82) is 0 Å². The van der Waals surface area contributed by atoms with Crippen LogP contribution in [0.2, 0.25) is 0 Å². The maximum atomic E-state index is 3.60. The van der Waals surface area contributed by atoms with E-state index < -0.39 is 0 Å². The lowest BCUT2D eigenvalue weighted by Crippen LogP contribution is -2.37. The summed E-state index contributed by atoms with van der Waals surface area (Å²) in [6.45, 7) is 12.0. The Morgan fingerprint density at radius 1 is 1.28 bits per heavy atom. The summed E-state index contributed by atoms with van der Waals surface area (Å²) in [7, 11) is 0. The first-order valence-electron chi connectivity index (χ1n) is 6.49. The van der Waals surface area contributed by atoms with Crippen LogP contribution in [-0.4, -0.2) is 12.1 Å². The van der Waals surface area contributed by atoms with Crippen LogP contribution in [-0.2, 0) is 0 Å². The second-order valence-corrected chi connectivity index (χ2v) is 6.85. The standard InChI is InChI=1S/C16H24BrN/c1-12(2)14(11-18-16(3,4)5)10-13-8-6-7-9-15(13)17/h6-10,12,18H,11H2,1-5H3. The van der Waals surface area contributed by atoms with Gasteiger partial charge in [-0.3, -0.25) is 0 Å². The fourth-order valence-electron chi connectivity index (χ4n) is 1.58. The number of halogens is 1. The van der Waals surface area contributed by atoms with Gasteiger partial charge in [-0.15, -0.1) is 0 Å². The molecule has 0 aliphatic heterocycles. The number of hydrogen-bond acceptors (Lipinski definition) is 1. The molecule has 0 saturated heterocycles. The second kappa shape index (κ2) is 6.53. The maximum Gasteiger partial charge on any atom is 0.0247 e. The Bertz CT molecular complexity index is 413. The highest BCUT2D eigenvalue weighted by atomic mass is 79.9. The average molecular weight is 310 g/mol. The van der Waals surface area contributed by atoms with E-state index in [-0.39, 0.29) is 5.54 Å². The number of hydrogen-bond donors (Lipinski definition) is 1. The minimum absolute atomic E-state index is 0.155. The van der Waals surface area contributed by atoms with Crippen LogP contribution in [0.1, 0.15) is 40.2 Å². The molecule has 0 radical (unpaired) electrons. The lowest BCUT2D eigenvalue weighted by atomic mass is 9.99. The Labute approximate surface area is 120 Å². The molecule has 2 heteroatoms. The van der Waals surface area contributed by atoms with E-state index in [2.05, 4.69) is 80.1 Å². The van der Waals surface area contributed by atoms with E-state index >= 15 is 0 Å². The first-order valence-corrected chi connectivity index (χ1v) is 7.29. The highest BCUT2D eigenvalue weighted by Gasteiger charge is 2.11. The van der Waals surface area contributed by atoms with Crippen molar-refractivity contribution in [2.24, 2.45) is 5.92 Å². The van der Waals surface area contributed by atoms with Gasteiger partial charge >= 0.3 is 0 Å². The first-order chi connectivity index (χ1) is 8.29. The molecule has 1 aromatic rings. The van der Waals surface area contributed by atoms with Crippen molar-refractivity contribution in [2.75, 3.05) is 6.54 Å². The van der Waals surface area contributed by atoms with E-state index in [4.69, 9.17) is 0 Å². The number of benzene rings is 1. The second-order valence-electron chi connectivity index (χ2n) is 6.00. The average Bonchev–Trinajstić information content (AvgIpc) is 2.24. The Morgan fingerprint density at radius 2 is 1.89 bits per heavy atom. The molecule has 1 nitrogen and oxygen atoms in total. The molecule has 0 fully saturated rings. The van der Waals surface area contributed by atoms with Crippen LogP contribution in [0.4, 0.5) is 0 Å². The lowest BCUT2D eigenvalue weighted by molar-refractivity contribution is 0.437. The van der Waals surface area contributed by atoms with E-state index in [9.17, 15) is 0 Å². The van der Waals surface area contributed by atoms with Crippen molar-refractivity contribution in [2.45, 2.75) is 40.2 Å². The molecule has 0 unspecified atom stereocenters. The quantitative estimate of drug-likeness (QED) is 0.836. The monoisotopic (exact) mass is 309 g/mol. The van der Waals surface area contributed by atoms with Gasteiger partial charge in [0.1, 0.15) is 0 Å². The smallest absolute Gasteiger partial charge is 0.0247 e. The van der Waals surface area contributed by atoms with Crippen LogP contribution in [0.5, 0.6) is 0 Å². The fourth-order valence-corrected chi connectivity index (χ4v) is 1.98. The predicted octanol–water partition coefficient (Wildman–Crippen LogP) is 4.88. The molecule has 100 valence electrons. The van der Waals surface area contributed by atoms with Crippen molar-refractivity contribution in [1.82, 2.24) is 5.32 Å². The van der Waals surface area contributed by atoms with Crippen LogP contribution in [0.15, 0.2) is 34.3 Å². The molecule has 0 aromatic heterocycles. The van der Waals surface area contributed by atoms with Crippen molar-refractivity contribution in [3.63, 3.8) is 0 Å². The van der Waals surface area contributed by atoms with Gasteiger partial charge < -0.3 is 5.32 Å². The zero-order valence-corrected chi connectivity index (χ0v) is 13.6. The van der Waals surface area contributed by atoms with Crippen molar-refractivity contribution in [3.8, 4) is 0 Å². The number of nitrogens with one attached hydrogen (secondary N) is 1. The molecule has 18 heavy (non-hydrogen) atoms. The molecule has 0 amide bonds. The van der Waals surface area contributed by atoms with Gasteiger partial charge in [0.25, 0.3) is 0 Å². The summed E-state index contributed by atoms with van der Waals surface area (Å²) in [6.07, 6.45) is 2.29. The highest BCUT2D eigenvalue weighted by Crippen LogP contribution is 2.21. The Morgan fingerprint density at radius 3 is 2.39 bits per heavy atom. The molecular weight excluding hydrogens is 286 g/mol. The summed E-state index contributed by atoms with van der Waals surface area (Å²) in [4.78, 5) is 0.